The van der Waals surface area contributed by atoms with Crippen LogP contribution < -0.4 is 10.1 Å². The molecule has 2 aromatic carbocycles. The lowest BCUT2D eigenvalue weighted by atomic mass is 10.1. The molecule has 3 aromatic rings. The van der Waals surface area contributed by atoms with Gasteiger partial charge in [-0.2, -0.15) is 8.78 Å². The molecule has 0 saturated heterocycles. The van der Waals surface area contributed by atoms with E-state index >= 15 is 0 Å². The molecule has 0 atom stereocenters. The molecule has 0 fully saturated rings. The molecule has 1 N–H and O–H groups in total. The number of aromatic nitrogens is 1. The summed E-state index contributed by atoms with van der Waals surface area (Å²) in [4.78, 5) is 12.4. The maximum Gasteiger partial charge on any atom is 0.387 e. The van der Waals surface area contributed by atoms with Gasteiger partial charge in [0, 0.05) is 29.8 Å². The summed E-state index contributed by atoms with van der Waals surface area (Å²) < 4.78 is 30.4. The number of nitrogens with one attached hydrogen (secondary N) is 1. The van der Waals surface area contributed by atoms with Gasteiger partial charge in [-0.05, 0) is 30.3 Å². The van der Waals surface area contributed by atoms with E-state index in [0.29, 0.717) is 11.3 Å². The second-order valence-corrected chi connectivity index (χ2v) is 5.03. The monoisotopic (exact) mass is 316 g/mol. The molecule has 118 valence electrons. The van der Waals surface area contributed by atoms with Crippen molar-refractivity contribution in [3.8, 4) is 5.75 Å². The summed E-state index contributed by atoms with van der Waals surface area (Å²) in [5, 5.41) is 3.60. The number of rotatable bonds is 4. The lowest BCUT2D eigenvalue weighted by molar-refractivity contribution is -0.0498. The Balaban J connectivity index is 1.81. The SMILES string of the molecule is Cn1cc(C(=O)Nc2ccc(OC(F)F)cc2)c2ccccc21. The predicted octanol–water partition coefficient (Wildman–Crippen LogP) is 4.03. The zero-order valence-electron chi connectivity index (χ0n) is 12.3. The molecule has 1 amide bonds. The third kappa shape index (κ3) is 3.15. The van der Waals surface area contributed by atoms with Gasteiger partial charge in [0.05, 0.1) is 5.56 Å². The number of ether oxygens (including phenoxy) is 1. The van der Waals surface area contributed by atoms with Gasteiger partial charge in [-0.1, -0.05) is 18.2 Å². The van der Waals surface area contributed by atoms with Crippen molar-refractivity contribution in [2.45, 2.75) is 6.61 Å². The van der Waals surface area contributed by atoms with Crippen LogP contribution in [0.25, 0.3) is 10.9 Å². The molecule has 0 radical (unpaired) electrons. The molecule has 0 spiro atoms. The Labute approximate surface area is 131 Å². The van der Waals surface area contributed by atoms with Gasteiger partial charge < -0.3 is 14.6 Å². The van der Waals surface area contributed by atoms with E-state index in [1.54, 1.807) is 6.20 Å². The number of hydrogen-bond donors (Lipinski definition) is 1. The normalized spacial score (nSPS) is 11.0. The highest BCUT2D eigenvalue weighted by molar-refractivity contribution is 6.12. The van der Waals surface area contributed by atoms with Crippen LogP contribution in [0.2, 0.25) is 0 Å². The lowest BCUT2D eigenvalue weighted by Crippen LogP contribution is -2.11. The van der Waals surface area contributed by atoms with Gasteiger partial charge in [-0.3, -0.25) is 4.79 Å². The number of nitrogens with zero attached hydrogens (tertiary/aromatic N) is 1. The minimum absolute atomic E-state index is 0.0446. The van der Waals surface area contributed by atoms with Crippen molar-refractivity contribution < 1.29 is 18.3 Å². The van der Waals surface area contributed by atoms with E-state index in [2.05, 4.69) is 10.1 Å². The van der Waals surface area contributed by atoms with Gasteiger partial charge in [0.15, 0.2) is 0 Å². The van der Waals surface area contributed by atoms with Crippen molar-refractivity contribution in [2.75, 3.05) is 5.32 Å². The molecule has 1 aromatic heterocycles. The summed E-state index contributed by atoms with van der Waals surface area (Å²) in [7, 11) is 1.87. The molecule has 6 heteroatoms. The summed E-state index contributed by atoms with van der Waals surface area (Å²) in [6.45, 7) is -2.87. The Morgan fingerprint density at radius 3 is 2.52 bits per heavy atom. The number of fused-ring (bicyclic) bond motifs is 1. The summed E-state index contributed by atoms with van der Waals surface area (Å²) in [5.74, 6) is -0.215. The first-order valence-electron chi connectivity index (χ1n) is 6.95. The van der Waals surface area contributed by atoms with Gasteiger partial charge in [0.25, 0.3) is 5.91 Å². The first-order valence-corrected chi connectivity index (χ1v) is 6.95. The number of anilines is 1. The van der Waals surface area contributed by atoms with Crippen LogP contribution in [0.1, 0.15) is 10.4 Å². The van der Waals surface area contributed by atoms with Crippen molar-refractivity contribution >= 4 is 22.5 Å². The number of halogens is 2. The first-order chi connectivity index (χ1) is 11.0. The number of hydrogen-bond acceptors (Lipinski definition) is 2. The van der Waals surface area contributed by atoms with Crippen LogP contribution in [0, 0.1) is 0 Å². The maximum atomic E-state index is 12.4. The molecule has 0 aliphatic heterocycles. The Morgan fingerprint density at radius 1 is 1.13 bits per heavy atom. The van der Waals surface area contributed by atoms with E-state index in [4.69, 9.17) is 0 Å². The van der Waals surface area contributed by atoms with E-state index in [0.717, 1.165) is 10.9 Å². The molecule has 0 aliphatic carbocycles. The fraction of sp³-hybridized carbons (Fsp3) is 0.118. The number of aryl methyl sites for hydroxylation is 1. The van der Waals surface area contributed by atoms with Gasteiger partial charge in [0.1, 0.15) is 5.75 Å². The topological polar surface area (TPSA) is 43.3 Å². The average molecular weight is 316 g/mol. The zero-order chi connectivity index (χ0) is 16.4. The van der Waals surface area contributed by atoms with Crippen molar-refractivity contribution in [2.24, 2.45) is 7.05 Å². The molecule has 3 rings (SSSR count). The third-order valence-electron chi connectivity index (χ3n) is 3.48. The molecule has 1 heterocycles. The molecule has 0 bridgehead atoms. The number of benzene rings is 2. The summed E-state index contributed by atoms with van der Waals surface area (Å²) >= 11 is 0. The Morgan fingerprint density at radius 2 is 1.83 bits per heavy atom. The fourth-order valence-electron chi connectivity index (χ4n) is 2.44. The van der Waals surface area contributed by atoms with Gasteiger partial charge in [0.2, 0.25) is 0 Å². The molecular weight excluding hydrogens is 302 g/mol. The van der Waals surface area contributed by atoms with Crippen molar-refractivity contribution in [3.05, 3.63) is 60.3 Å². The summed E-state index contributed by atoms with van der Waals surface area (Å²) in [5.41, 5.74) is 2.01. The highest BCUT2D eigenvalue weighted by Crippen LogP contribution is 2.22. The van der Waals surface area contributed by atoms with Crippen molar-refractivity contribution in [1.29, 1.82) is 0 Å². The molecule has 4 nitrogen and oxygen atoms in total. The van der Waals surface area contributed by atoms with Crippen LogP contribution >= 0.6 is 0 Å². The van der Waals surface area contributed by atoms with E-state index in [9.17, 15) is 13.6 Å². The molecule has 0 unspecified atom stereocenters. The molecule has 0 aliphatic rings. The maximum absolute atomic E-state index is 12.4. The molecular formula is C17H14F2N2O2. The summed E-state index contributed by atoms with van der Waals surface area (Å²) in [6.07, 6.45) is 1.76. The largest absolute Gasteiger partial charge is 0.435 e. The third-order valence-corrected chi connectivity index (χ3v) is 3.48. The quantitative estimate of drug-likeness (QED) is 0.789. The highest BCUT2D eigenvalue weighted by Gasteiger charge is 2.14. The number of carbonyl (C=O) groups is 1. The smallest absolute Gasteiger partial charge is 0.387 e. The Hall–Kier alpha value is -2.89. The predicted molar refractivity (Wildman–Crippen MR) is 83.9 cm³/mol. The average Bonchev–Trinajstić information content (AvgIpc) is 2.86. The second-order valence-electron chi connectivity index (χ2n) is 5.03. The lowest BCUT2D eigenvalue weighted by Gasteiger charge is -2.07. The number of alkyl halides is 2. The van der Waals surface area contributed by atoms with Crippen LogP contribution in [0.4, 0.5) is 14.5 Å². The van der Waals surface area contributed by atoms with Gasteiger partial charge >= 0.3 is 6.61 Å². The standard InChI is InChI=1S/C17H14F2N2O2/c1-21-10-14(13-4-2-3-5-15(13)21)16(22)20-11-6-8-12(9-7-11)23-17(18)19/h2-10,17H,1H3,(H,20,22). The molecule has 23 heavy (non-hydrogen) atoms. The minimum Gasteiger partial charge on any atom is -0.435 e. The number of amides is 1. The number of para-hydroxylation sites is 1. The van der Waals surface area contributed by atoms with Crippen LogP contribution in [0.5, 0.6) is 5.75 Å². The first kappa shape index (κ1) is 15.0. The van der Waals surface area contributed by atoms with Gasteiger partial charge in [-0.15, -0.1) is 0 Å². The highest BCUT2D eigenvalue weighted by atomic mass is 19.3. The summed E-state index contributed by atoms with van der Waals surface area (Å²) in [6, 6.07) is 13.4. The van der Waals surface area contributed by atoms with Crippen molar-refractivity contribution in [1.82, 2.24) is 4.57 Å². The fourth-order valence-corrected chi connectivity index (χ4v) is 2.44. The zero-order valence-corrected chi connectivity index (χ0v) is 12.3. The van der Waals surface area contributed by atoms with E-state index in [-0.39, 0.29) is 11.7 Å². The van der Waals surface area contributed by atoms with Crippen LogP contribution in [-0.2, 0) is 7.05 Å². The van der Waals surface area contributed by atoms with Crippen LogP contribution in [0.15, 0.2) is 54.7 Å². The van der Waals surface area contributed by atoms with Gasteiger partial charge in [-0.25, -0.2) is 0 Å². The second kappa shape index (κ2) is 6.08. The van der Waals surface area contributed by atoms with E-state index in [1.165, 1.54) is 24.3 Å². The van der Waals surface area contributed by atoms with Crippen LogP contribution in [0.3, 0.4) is 0 Å². The van der Waals surface area contributed by atoms with Crippen LogP contribution in [-0.4, -0.2) is 17.1 Å². The molecule has 0 saturated carbocycles. The Bertz CT molecular complexity index is 841. The Kier molecular flexibility index (Phi) is 3.97. The van der Waals surface area contributed by atoms with E-state index in [1.807, 2.05) is 35.9 Å². The minimum atomic E-state index is -2.87. The van der Waals surface area contributed by atoms with Crippen molar-refractivity contribution in [3.63, 3.8) is 0 Å². The van der Waals surface area contributed by atoms with E-state index < -0.39 is 6.61 Å². The number of carbonyl (C=O) groups excluding carboxylic acids is 1.